The third-order valence-electron chi connectivity index (χ3n) is 1.90. The van der Waals surface area contributed by atoms with Gasteiger partial charge < -0.3 is 5.11 Å². The first-order valence-corrected chi connectivity index (χ1v) is 4.38. The fourth-order valence-electron chi connectivity index (χ4n) is 1.07. The number of hydrogen-bond acceptors (Lipinski definition) is 1. The normalized spacial score (nSPS) is 12.9. The molecule has 0 amide bonds. The van der Waals surface area contributed by atoms with Crippen molar-refractivity contribution in [2.24, 2.45) is 5.92 Å². The van der Waals surface area contributed by atoms with Gasteiger partial charge in [-0.15, -0.1) is 0 Å². The van der Waals surface area contributed by atoms with Gasteiger partial charge in [-0.25, -0.2) is 0 Å². The average molecular weight is 158 g/mol. The zero-order valence-corrected chi connectivity index (χ0v) is 7.47. The molecule has 0 fully saturated rings. The molecule has 0 aromatic rings. The largest absolute Gasteiger partial charge is 0.481 e. The Morgan fingerprint density at radius 1 is 1.45 bits per heavy atom. The summed E-state index contributed by atoms with van der Waals surface area (Å²) >= 11 is 0. The molecule has 0 radical (unpaired) electrons. The lowest BCUT2D eigenvalue weighted by Crippen LogP contribution is -2.00. The highest BCUT2D eigenvalue weighted by atomic mass is 16.4. The highest BCUT2D eigenvalue weighted by Crippen LogP contribution is 2.13. The molecule has 0 spiro atoms. The van der Waals surface area contributed by atoms with Gasteiger partial charge in [0, 0.05) is 6.42 Å². The summed E-state index contributed by atoms with van der Waals surface area (Å²) in [4.78, 5) is 10.2. The number of carboxylic acid groups (broad SMARTS) is 1. The van der Waals surface area contributed by atoms with Crippen molar-refractivity contribution in [3.05, 3.63) is 0 Å². The molecule has 0 aliphatic heterocycles. The minimum absolute atomic E-state index is 0.324. The van der Waals surface area contributed by atoms with Crippen LogP contribution in [0.15, 0.2) is 0 Å². The van der Waals surface area contributed by atoms with Gasteiger partial charge in [0.2, 0.25) is 0 Å². The number of rotatable bonds is 6. The maximum Gasteiger partial charge on any atom is 0.303 e. The summed E-state index contributed by atoms with van der Waals surface area (Å²) in [7, 11) is 0. The molecule has 0 heterocycles. The molecule has 0 aromatic carbocycles. The van der Waals surface area contributed by atoms with E-state index in [1.165, 1.54) is 19.3 Å². The minimum atomic E-state index is -0.673. The van der Waals surface area contributed by atoms with Gasteiger partial charge in [-0.3, -0.25) is 4.79 Å². The van der Waals surface area contributed by atoms with E-state index in [1.54, 1.807) is 0 Å². The van der Waals surface area contributed by atoms with Crippen LogP contribution in [-0.2, 0) is 4.79 Å². The van der Waals surface area contributed by atoms with E-state index < -0.39 is 5.97 Å². The first kappa shape index (κ1) is 10.5. The van der Waals surface area contributed by atoms with Crippen molar-refractivity contribution < 1.29 is 9.90 Å². The Hall–Kier alpha value is -0.530. The predicted molar refractivity (Wildman–Crippen MR) is 45.6 cm³/mol. The van der Waals surface area contributed by atoms with Crippen LogP contribution in [0, 0.1) is 5.92 Å². The number of hydrogen-bond donors (Lipinski definition) is 1. The van der Waals surface area contributed by atoms with E-state index in [9.17, 15) is 4.79 Å². The molecule has 2 heteroatoms. The van der Waals surface area contributed by atoms with Crippen LogP contribution in [0.5, 0.6) is 0 Å². The topological polar surface area (TPSA) is 37.3 Å². The molecule has 1 unspecified atom stereocenters. The van der Waals surface area contributed by atoms with Crippen LogP contribution in [0.3, 0.4) is 0 Å². The van der Waals surface area contributed by atoms with E-state index in [0.29, 0.717) is 12.3 Å². The molecule has 0 aliphatic rings. The third kappa shape index (κ3) is 7.37. The van der Waals surface area contributed by atoms with E-state index in [1.807, 2.05) is 0 Å². The van der Waals surface area contributed by atoms with Crippen LogP contribution in [0.25, 0.3) is 0 Å². The lowest BCUT2D eigenvalue weighted by Gasteiger charge is -2.07. The Labute approximate surface area is 68.6 Å². The molecular formula is C9H18O2. The van der Waals surface area contributed by atoms with E-state index in [2.05, 4.69) is 13.8 Å². The smallest absolute Gasteiger partial charge is 0.303 e. The first-order chi connectivity index (χ1) is 5.16. The molecular weight excluding hydrogens is 140 g/mol. The Morgan fingerprint density at radius 2 is 2.09 bits per heavy atom. The molecule has 0 aliphatic carbocycles. The van der Waals surface area contributed by atoms with E-state index in [0.717, 1.165) is 6.42 Å². The van der Waals surface area contributed by atoms with E-state index in [4.69, 9.17) is 5.11 Å². The minimum Gasteiger partial charge on any atom is -0.481 e. The fourth-order valence-corrected chi connectivity index (χ4v) is 1.07. The summed E-state index contributed by atoms with van der Waals surface area (Å²) < 4.78 is 0. The van der Waals surface area contributed by atoms with Crippen LogP contribution in [0.1, 0.15) is 46.0 Å². The van der Waals surface area contributed by atoms with Crippen LogP contribution >= 0.6 is 0 Å². The van der Waals surface area contributed by atoms with Gasteiger partial charge in [-0.1, -0.05) is 33.1 Å². The van der Waals surface area contributed by atoms with Gasteiger partial charge >= 0.3 is 5.97 Å². The Bertz CT molecular complexity index is 110. The van der Waals surface area contributed by atoms with Crippen LogP contribution in [0.4, 0.5) is 0 Å². The van der Waals surface area contributed by atoms with Gasteiger partial charge in [0.25, 0.3) is 0 Å². The fraction of sp³-hybridized carbons (Fsp3) is 0.889. The standard InChI is InChI=1S/C9H18O2/c1-3-4-5-8(2)6-7-9(10)11/h8H,3-7H2,1-2H3,(H,10,11). The SMILES string of the molecule is CCCCC(C)CCC(=O)O. The summed E-state index contributed by atoms with van der Waals surface area (Å²) in [5, 5.41) is 8.39. The van der Waals surface area contributed by atoms with Gasteiger partial charge in [0.15, 0.2) is 0 Å². The quantitative estimate of drug-likeness (QED) is 0.645. The van der Waals surface area contributed by atoms with Crippen molar-refractivity contribution in [3.8, 4) is 0 Å². The summed E-state index contributed by atoms with van der Waals surface area (Å²) in [6, 6.07) is 0. The van der Waals surface area contributed by atoms with E-state index >= 15 is 0 Å². The monoisotopic (exact) mass is 158 g/mol. The average Bonchev–Trinajstić information content (AvgIpc) is 1.97. The Kier molecular flexibility index (Phi) is 5.90. The zero-order valence-electron chi connectivity index (χ0n) is 7.47. The van der Waals surface area contributed by atoms with Crippen molar-refractivity contribution >= 4 is 5.97 Å². The third-order valence-corrected chi connectivity index (χ3v) is 1.90. The van der Waals surface area contributed by atoms with Crippen molar-refractivity contribution in [1.29, 1.82) is 0 Å². The first-order valence-electron chi connectivity index (χ1n) is 4.38. The molecule has 66 valence electrons. The molecule has 0 saturated carbocycles. The molecule has 0 aromatic heterocycles. The molecule has 1 N–H and O–H groups in total. The number of carbonyl (C=O) groups is 1. The molecule has 0 saturated heterocycles. The molecule has 0 rings (SSSR count). The highest BCUT2D eigenvalue weighted by Gasteiger charge is 2.03. The van der Waals surface area contributed by atoms with Crippen LogP contribution < -0.4 is 0 Å². The second kappa shape index (κ2) is 6.20. The lowest BCUT2D eigenvalue weighted by molar-refractivity contribution is -0.137. The molecule has 2 nitrogen and oxygen atoms in total. The van der Waals surface area contributed by atoms with E-state index in [-0.39, 0.29) is 0 Å². The highest BCUT2D eigenvalue weighted by molar-refractivity contribution is 5.66. The summed E-state index contributed by atoms with van der Waals surface area (Å²) in [6.45, 7) is 4.28. The van der Waals surface area contributed by atoms with Crippen molar-refractivity contribution in [2.75, 3.05) is 0 Å². The predicted octanol–water partition coefficient (Wildman–Crippen LogP) is 2.68. The van der Waals surface area contributed by atoms with Crippen LogP contribution in [0.2, 0.25) is 0 Å². The Morgan fingerprint density at radius 3 is 2.55 bits per heavy atom. The van der Waals surface area contributed by atoms with Crippen molar-refractivity contribution in [1.82, 2.24) is 0 Å². The number of unbranched alkanes of at least 4 members (excludes halogenated alkanes) is 1. The number of aliphatic carboxylic acids is 1. The van der Waals surface area contributed by atoms with Gasteiger partial charge in [-0.2, -0.15) is 0 Å². The molecule has 0 bridgehead atoms. The van der Waals surface area contributed by atoms with Gasteiger partial charge in [-0.05, 0) is 12.3 Å². The van der Waals surface area contributed by atoms with Gasteiger partial charge in [0.05, 0.1) is 0 Å². The molecule has 11 heavy (non-hydrogen) atoms. The second-order valence-electron chi connectivity index (χ2n) is 3.18. The summed E-state index contributed by atoms with van der Waals surface area (Å²) in [5.74, 6) is -0.0978. The maximum atomic E-state index is 10.2. The summed E-state index contributed by atoms with van der Waals surface area (Å²) in [5.41, 5.74) is 0. The zero-order chi connectivity index (χ0) is 8.69. The van der Waals surface area contributed by atoms with Crippen molar-refractivity contribution in [2.45, 2.75) is 46.0 Å². The number of carboxylic acids is 1. The van der Waals surface area contributed by atoms with Crippen molar-refractivity contribution in [3.63, 3.8) is 0 Å². The maximum absolute atomic E-state index is 10.2. The Balaban J connectivity index is 3.22. The molecule has 1 atom stereocenters. The second-order valence-corrected chi connectivity index (χ2v) is 3.18. The lowest BCUT2D eigenvalue weighted by atomic mass is 9.99. The van der Waals surface area contributed by atoms with Gasteiger partial charge in [0.1, 0.15) is 0 Å². The van der Waals surface area contributed by atoms with Crippen LogP contribution in [-0.4, -0.2) is 11.1 Å². The summed E-state index contributed by atoms with van der Waals surface area (Å²) in [6.07, 6.45) is 4.75.